The molecule has 3 aromatic rings. The summed E-state index contributed by atoms with van der Waals surface area (Å²) in [5.74, 6) is 1.65. The van der Waals surface area contributed by atoms with Gasteiger partial charge in [0.15, 0.2) is 5.78 Å². The summed E-state index contributed by atoms with van der Waals surface area (Å²) in [5, 5.41) is 1.20. The Morgan fingerprint density at radius 2 is 1.77 bits per heavy atom. The van der Waals surface area contributed by atoms with Crippen LogP contribution in [0, 0.1) is 11.8 Å². The summed E-state index contributed by atoms with van der Waals surface area (Å²) in [6, 6.07) is 17.6. The number of carbonyl (C=O) groups excluding carboxylic acids is 1. The highest BCUT2D eigenvalue weighted by atomic mass is 32.1. The van der Waals surface area contributed by atoms with Gasteiger partial charge < -0.3 is 9.80 Å². The number of rotatable bonds is 5. The summed E-state index contributed by atoms with van der Waals surface area (Å²) >= 11 is 1.70. The average molecular weight is 431 g/mol. The van der Waals surface area contributed by atoms with Gasteiger partial charge in [0.2, 0.25) is 0 Å². The van der Waals surface area contributed by atoms with Crippen molar-refractivity contribution >= 4 is 32.9 Å². The van der Waals surface area contributed by atoms with Gasteiger partial charge in [-0.1, -0.05) is 30.3 Å². The van der Waals surface area contributed by atoms with Gasteiger partial charge in [-0.3, -0.25) is 4.79 Å². The van der Waals surface area contributed by atoms with Gasteiger partial charge in [0.05, 0.1) is 4.88 Å². The van der Waals surface area contributed by atoms with Crippen LogP contribution in [-0.4, -0.2) is 43.4 Å². The Morgan fingerprint density at radius 3 is 2.55 bits per heavy atom. The standard InChI is InChI=1S/C27H30N2OS/c30-25(16-22-18-28-13-9-19(22)10-14-28)26-17-21-6-4-8-24(27(21)31-26)20-5-3-7-23(15-20)29-11-1-2-12-29/h3-8,15,17,19,22H,1-2,9-14,16,18H2/t22-/m0/s1. The fraction of sp³-hybridized carbons (Fsp3) is 0.444. The van der Waals surface area contributed by atoms with Crippen LogP contribution in [0.25, 0.3) is 21.2 Å². The van der Waals surface area contributed by atoms with Crippen LogP contribution in [0.2, 0.25) is 0 Å². The molecule has 0 spiro atoms. The van der Waals surface area contributed by atoms with E-state index in [-0.39, 0.29) is 0 Å². The van der Waals surface area contributed by atoms with Crippen molar-refractivity contribution in [1.29, 1.82) is 0 Å². The van der Waals surface area contributed by atoms with E-state index in [9.17, 15) is 4.79 Å². The third kappa shape index (κ3) is 3.70. The van der Waals surface area contributed by atoms with E-state index in [1.54, 1.807) is 11.3 Å². The van der Waals surface area contributed by atoms with Crippen molar-refractivity contribution in [3.05, 3.63) is 53.4 Å². The fourth-order valence-corrected chi connectivity index (χ4v) is 7.07. The number of hydrogen-bond donors (Lipinski definition) is 0. The van der Waals surface area contributed by atoms with Crippen LogP contribution >= 0.6 is 11.3 Å². The first-order valence-corrected chi connectivity index (χ1v) is 12.7. The van der Waals surface area contributed by atoms with E-state index in [0.29, 0.717) is 18.1 Å². The van der Waals surface area contributed by atoms with E-state index in [1.165, 1.54) is 65.7 Å². The number of fused-ring (bicyclic) bond motifs is 4. The van der Waals surface area contributed by atoms with Crippen molar-refractivity contribution < 1.29 is 4.79 Å². The summed E-state index contributed by atoms with van der Waals surface area (Å²) in [4.78, 5) is 19.2. The highest BCUT2D eigenvalue weighted by Gasteiger charge is 2.35. The molecule has 0 N–H and O–H groups in total. The number of Topliss-reactive ketones (excluding diaryl/α,β-unsaturated/α-hetero) is 1. The summed E-state index contributed by atoms with van der Waals surface area (Å²) < 4.78 is 1.25. The quantitative estimate of drug-likeness (QED) is 0.458. The zero-order valence-corrected chi connectivity index (χ0v) is 18.9. The van der Waals surface area contributed by atoms with E-state index in [4.69, 9.17) is 0 Å². The van der Waals surface area contributed by atoms with Gasteiger partial charge in [0.1, 0.15) is 0 Å². The molecule has 160 valence electrons. The van der Waals surface area contributed by atoms with Crippen LogP contribution in [0.5, 0.6) is 0 Å². The lowest BCUT2D eigenvalue weighted by atomic mass is 9.76. The molecule has 4 fully saturated rings. The molecular weight excluding hydrogens is 400 g/mol. The average Bonchev–Trinajstić information content (AvgIpc) is 3.50. The summed E-state index contributed by atoms with van der Waals surface area (Å²) in [5.41, 5.74) is 3.83. The number of thiophene rings is 1. The highest BCUT2D eigenvalue weighted by molar-refractivity contribution is 7.21. The lowest BCUT2D eigenvalue weighted by molar-refractivity contribution is 0.0442. The van der Waals surface area contributed by atoms with Crippen molar-refractivity contribution in [2.24, 2.45) is 11.8 Å². The van der Waals surface area contributed by atoms with Gasteiger partial charge in [0, 0.05) is 36.4 Å². The molecule has 0 unspecified atom stereocenters. The summed E-state index contributed by atoms with van der Waals surface area (Å²) in [6.07, 6.45) is 5.85. The first kappa shape index (κ1) is 19.5. The van der Waals surface area contributed by atoms with Crippen LogP contribution in [-0.2, 0) is 0 Å². The largest absolute Gasteiger partial charge is 0.372 e. The van der Waals surface area contributed by atoms with Gasteiger partial charge in [-0.15, -0.1) is 11.3 Å². The molecule has 1 atom stereocenters. The molecule has 31 heavy (non-hydrogen) atoms. The zero-order valence-electron chi connectivity index (χ0n) is 18.1. The summed E-state index contributed by atoms with van der Waals surface area (Å²) in [6.45, 7) is 5.90. The molecule has 0 amide bonds. The minimum atomic E-state index is 0.344. The minimum absolute atomic E-state index is 0.344. The molecule has 3 nitrogen and oxygen atoms in total. The molecule has 4 saturated heterocycles. The SMILES string of the molecule is O=C(C[C@H]1CN2CCC1CC2)c1cc2cccc(-c3cccc(N4CCCC4)c3)c2s1. The molecule has 0 aliphatic carbocycles. The number of ketones is 1. The van der Waals surface area contributed by atoms with Gasteiger partial charge in [-0.25, -0.2) is 0 Å². The molecule has 0 radical (unpaired) electrons. The molecule has 2 aromatic carbocycles. The smallest absolute Gasteiger partial charge is 0.173 e. The predicted molar refractivity (Wildman–Crippen MR) is 130 cm³/mol. The Labute approximate surface area is 188 Å². The van der Waals surface area contributed by atoms with E-state index in [1.807, 2.05) is 0 Å². The molecule has 1 aromatic heterocycles. The Morgan fingerprint density at radius 1 is 0.968 bits per heavy atom. The van der Waals surface area contributed by atoms with Gasteiger partial charge in [-0.2, -0.15) is 0 Å². The fourth-order valence-electron chi connectivity index (χ4n) is 5.93. The topological polar surface area (TPSA) is 23.6 Å². The lowest BCUT2D eigenvalue weighted by Crippen LogP contribution is -2.47. The number of carbonyl (C=O) groups is 1. The number of benzene rings is 2. The van der Waals surface area contributed by atoms with Crippen LogP contribution in [0.3, 0.4) is 0 Å². The normalized spacial score (nSPS) is 25.4. The molecule has 7 rings (SSSR count). The molecule has 4 aliphatic heterocycles. The third-order valence-corrected chi connectivity index (χ3v) is 8.91. The number of anilines is 1. The van der Waals surface area contributed by atoms with Crippen LogP contribution in [0.4, 0.5) is 5.69 Å². The number of nitrogens with zero attached hydrogens (tertiary/aromatic N) is 2. The van der Waals surface area contributed by atoms with E-state index in [0.717, 1.165) is 30.4 Å². The second-order valence-corrected chi connectivity index (χ2v) is 10.7. The molecule has 2 bridgehead atoms. The first-order chi connectivity index (χ1) is 15.2. The van der Waals surface area contributed by atoms with Crippen LogP contribution < -0.4 is 4.90 Å². The first-order valence-electron chi connectivity index (χ1n) is 11.9. The van der Waals surface area contributed by atoms with Gasteiger partial charge >= 0.3 is 0 Å². The molecule has 0 saturated carbocycles. The maximum atomic E-state index is 13.2. The van der Waals surface area contributed by atoms with E-state index in [2.05, 4.69) is 58.3 Å². The molecule has 4 heteroatoms. The number of piperidine rings is 3. The van der Waals surface area contributed by atoms with E-state index >= 15 is 0 Å². The van der Waals surface area contributed by atoms with Gasteiger partial charge in [0.25, 0.3) is 0 Å². The third-order valence-electron chi connectivity index (χ3n) is 7.69. The van der Waals surface area contributed by atoms with E-state index < -0.39 is 0 Å². The Bertz CT molecular complexity index is 1110. The monoisotopic (exact) mass is 430 g/mol. The zero-order chi connectivity index (χ0) is 20.8. The molecule has 5 heterocycles. The Hall–Kier alpha value is -2.17. The van der Waals surface area contributed by atoms with Crippen molar-refractivity contribution in [3.63, 3.8) is 0 Å². The van der Waals surface area contributed by atoms with Crippen molar-refractivity contribution in [3.8, 4) is 11.1 Å². The highest BCUT2D eigenvalue weighted by Crippen LogP contribution is 2.39. The van der Waals surface area contributed by atoms with Crippen molar-refractivity contribution in [2.75, 3.05) is 37.6 Å². The maximum Gasteiger partial charge on any atom is 0.173 e. The lowest BCUT2D eigenvalue weighted by Gasteiger charge is -2.44. The number of hydrogen-bond acceptors (Lipinski definition) is 4. The van der Waals surface area contributed by atoms with Crippen molar-refractivity contribution in [2.45, 2.75) is 32.1 Å². The minimum Gasteiger partial charge on any atom is -0.372 e. The second-order valence-electron chi connectivity index (χ2n) is 9.60. The Kier molecular flexibility index (Phi) is 5.08. The van der Waals surface area contributed by atoms with Crippen LogP contribution in [0.15, 0.2) is 48.5 Å². The van der Waals surface area contributed by atoms with Gasteiger partial charge in [-0.05, 0) is 85.3 Å². The predicted octanol–water partition coefficient (Wildman–Crippen LogP) is 6.08. The summed E-state index contributed by atoms with van der Waals surface area (Å²) in [7, 11) is 0. The maximum absolute atomic E-state index is 13.2. The second kappa shape index (κ2) is 8.07. The molecule has 4 aliphatic rings. The van der Waals surface area contributed by atoms with Crippen molar-refractivity contribution in [1.82, 2.24) is 4.90 Å². The van der Waals surface area contributed by atoms with Crippen LogP contribution in [0.1, 0.15) is 41.8 Å². The Balaban J connectivity index is 1.29. The molecular formula is C27H30N2OS.